The monoisotopic (exact) mass is 487 g/mol. The summed E-state index contributed by atoms with van der Waals surface area (Å²) in [7, 11) is -3.74. The van der Waals surface area contributed by atoms with Gasteiger partial charge in [-0.25, -0.2) is 8.42 Å². The number of sulfonamides is 1. The molecule has 0 heterocycles. The first-order chi connectivity index (χ1) is 16.1. The third-order valence-corrected chi connectivity index (χ3v) is 6.83. The van der Waals surface area contributed by atoms with Crippen LogP contribution in [0.4, 0.5) is 5.69 Å². The van der Waals surface area contributed by atoms with Gasteiger partial charge in [-0.1, -0.05) is 69.3 Å². The Morgan fingerprint density at radius 1 is 0.971 bits per heavy atom. The lowest BCUT2D eigenvalue weighted by molar-refractivity contribution is -0.138. The number of hydrogen-bond acceptors (Lipinski definition) is 4. The number of nitrogens with one attached hydrogen (secondary N) is 1. The van der Waals surface area contributed by atoms with Crippen molar-refractivity contribution in [3.8, 4) is 0 Å². The summed E-state index contributed by atoms with van der Waals surface area (Å²) in [5.41, 5.74) is 2.36. The molecular formula is C26H37N3O4S. The Hall–Kier alpha value is -2.87. The van der Waals surface area contributed by atoms with Crippen molar-refractivity contribution in [1.82, 2.24) is 10.2 Å². The van der Waals surface area contributed by atoms with E-state index in [-0.39, 0.29) is 18.4 Å². The normalized spacial score (nSPS) is 12.3. The van der Waals surface area contributed by atoms with Gasteiger partial charge in [0.1, 0.15) is 12.6 Å². The maximum absolute atomic E-state index is 13.5. The van der Waals surface area contributed by atoms with Gasteiger partial charge in [-0.15, -0.1) is 0 Å². The first kappa shape index (κ1) is 27.4. The Morgan fingerprint density at radius 2 is 1.59 bits per heavy atom. The van der Waals surface area contributed by atoms with Gasteiger partial charge in [-0.05, 0) is 42.9 Å². The zero-order valence-electron chi connectivity index (χ0n) is 20.8. The summed E-state index contributed by atoms with van der Waals surface area (Å²) in [5.74, 6) is -0.598. The van der Waals surface area contributed by atoms with Gasteiger partial charge in [0, 0.05) is 13.1 Å². The fourth-order valence-electron chi connectivity index (χ4n) is 3.76. The highest BCUT2D eigenvalue weighted by atomic mass is 32.2. The van der Waals surface area contributed by atoms with Crippen LogP contribution in [-0.4, -0.2) is 57.1 Å². The van der Waals surface area contributed by atoms with Gasteiger partial charge in [-0.3, -0.25) is 13.9 Å². The number of amides is 2. The number of hydrogen-bond donors (Lipinski definition) is 1. The van der Waals surface area contributed by atoms with E-state index >= 15 is 0 Å². The highest BCUT2D eigenvalue weighted by molar-refractivity contribution is 7.92. The Kier molecular flexibility index (Phi) is 10.1. The SMILES string of the molecule is CCCNC(=O)[C@@H](C)N(CCc1ccccc1)C(=O)CN(c1ccccc1C(C)C)S(C)(=O)=O. The molecular weight excluding hydrogens is 450 g/mol. The lowest BCUT2D eigenvalue weighted by Crippen LogP contribution is -2.52. The smallest absolute Gasteiger partial charge is 0.244 e. The molecule has 2 amide bonds. The van der Waals surface area contributed by atoms with Crippen LogP contribution in [-0.2, 0) is 26.0 Å². The number of anilines is 1. The molecule has 0 aliphatic heterocycles. The Bertz CT molecular complexity index is 1050. The molecule has 0 unspecified atom stereocenters. The summed E-state index contributed by atoms with van der Waals surface area (Å²) in [6.07, 6.45) is 2.44. The van der Waals surface area contributed by atoms with E-state index in [0.29, 0.717) is 25.2 Å². The van der Waals surface area contributed by atoms with E-state index < -0.39 is 22.0 Å². The summed E-state index contributed by atoms with van der Waals surface area (Å²) in [6, 6.07) is 16.2. The number of carbonyl (C=O) groups excluding carboxylic acids is 2. The molecule has 2 rings (SSSR count). The Labute approximate surface area is 204 Å². The van der Waals surface area contributed by atoms with Crippen molar-refractivity contribution in [1.29, 1.82) is 0 Å². The van der Waals surface area contributed by atoms with Crippen LogP contribution in [0.2, 0.25) is 0 Å². The van der Waals surface area contributed by atoms with Crippen LogP contribution < -0.4 is 9.62 Å². The summed E-state index contributed by atoms with van der Waals surface area (Å²) in [6.45, 7) is 8.04. The molecule has 2 aromatic rings. The lowest BCUT2D eigenvalue weighted by atomic mass is 10.0. The number of rotatable bonds is 12. The summed E-state index contributed by atoms with van der Waals surface area (Å²) < 4.78 is 26.7. The number of nitrogens with zero attached hydrogens (tertiary/aromatic N) is 2. The van der Waals surface area contributed by atoms with Crippen molar-refractivity contribution in [2.45, 2.75) is 52.5 Å². The summed E-state index contributed by atoms with van der Waals surface area (Å²) in [4.78, 5) is 27.7. The fourth-order valence-corrected chi connectivity index (χ4v) is 4.63. The molecule has 0 spiro atoms. The van der Waals surface area contributed by atoms with Crippen LogP contribution in [0.15, 0.2) is 54.6 Å². The standard InChI is InChI=1S/C26H37N3O4S/c1-6-17-27-26(31)21(4)28(18-16-22-12-8-7-9-13-22)25(30)19-29(34(5,32)33)24-15-11-10-14-23(24)20(2)3/h7-15,20-21H,6,16-19H2,1-5H3,(H,27,31)/t21-/m1/s1. The topological polar surface area (TPSA) is 86.8 Å². The van der Waals surface area contributed by atoms with E-state index in [1.54, 1.807) is 19.1 Å². The third-order valence-electron chi connectivity index (χ3n) is 5.71. The summed E-state index contributed by atoms with van der Waals surface area (Å²) >= 11 is 0. The molecule has 0 bridgehead atoms. The molecule has 0 aliphatic carbocycles. The molecule has 8 heteroatoms. The highest BCUT2D eigenvalue weighted by Crippen LogP contribution is 2.29. The minimum Gasteiger partial charge on any atom is -0.354 e. The molecule has 1 N–H and O–H groups in total. The molecule has 2 aromatic carbocycles. The van der Waals surface area contributed by atoms with E-state index in [1.807, 2.05) is 63.2 Å². The molecule has 0 aromatic heterocycles. The van der Waals surface area contributed by atoms with Crippen molar-refractivity contribution < 1.29 is 18.0 Å². The lowest BCUT2D eigenvalue weighted by Gasteiger charge is -2.32. The minimum absolute atomic E-state index is 0.0727. The first-order valence-electron chi connectivity index (χ1n) is 11.7. The molecule has 0 aliphatic rings. The van der Waals surface area contributed by atoms with Crippen LogP contribution >= 0.6 is 0 Å². The van der Waals surface area contributed by atoms with Gasteiger partial charge in [0.25, 0.3) is 0 Å². The third kappa shape index (κ3) is 7.58. The molecule has 1 atom stereocenters. The van der Waals surface area contributed by atoms with Crippen molar-refractivity contribution in [3.63, 3.8) is 0 Å². The summed E-state index contributed by atoms with van der Waals surface area (Å²) in [5, 5.41) is 2.84. The molecule has 7 nitrogen and oxygen atoms in total. The highest BCUT2D eigenvalue weighted by Gasteiger charge is 2.30. The zero-order valence-corrected chi connectivity index (χ0v) is 21.6. The average molecular weight is 488 g/mol. The fraction of sp³-hybridized carbons (Fsp3) is 0.462. The van der Waals surface area contributed by atoms with Gasteiger partial charge in [0.2, 0.25) is 21.8 Å². The van der Waals surface area contributed by atoms with Crippen molar-refractivity contribution >= 4 is 27.5 Å². The first-order valence-corrected chi connectivity index (χ1v) is 13.6. The van der Waals surface area contributed by atoms with E-state index in [1.165, 1.54) is 4.90 Å². The Balaban J connectivity index is 2.36. The van der Waals surface area contributed by atoms with Crippen LogP contribution in [0.1, 0.15) is 51.2 Å². The predicted molar refractivity (Wildman–Crippen MR) is 137 cm³/mol. The second kappa shape index (κ2) is 12.6. The van der Waals surface area contributed by atoms with Crippen LogP contribution in [0.5, 0.6) is 0 Å². The molecule has 0 fully saturated rings. The largest absolute Gasteiger partial charge is 0.354 e. The van der Waals surface area contributed by atoms with Gasteiger partial charge >= 0.3 is 0 Å². The van der Waals surface area contributed by atoms with Crippen molar-refractivity contribution in [2.75, 3.05) is 30.2 Å². The zero-order chi connectivity index (χ0) is 25.3. The van der Waals surface area contributed by atoms with Gasteiger partial charge in [0.05, 0.1) is 11.9 Å². The number of carbonyl (C=O) groups is 2. The predicted octanol–water partition coefficient (Wildman–Crippen LogP) is 3.56. The van der Waals surface area contributed by atoms with Gasteiger partial charge in [-0.2, -0.15) is 0 Å². The van der Waals surface area contributed by atoms with E-state index in [0.717, 1.165) is 28.1 Å². The van der Waals surface area contributed by atoms with Crippen LogP contribution in [0.25, 0.3) is 0 Å². The van der Waals surface area contributed by atoms with E-state index in [2.05, 4.69) is 5.32 Å². The van der Waals surface area contributed by atoms with Crippen LogP contribution in [0, 0.1) is 0 Å². The molecule has 0 saturated heterocycles. The van der Waals surface area contributed by atoms with Gasteiger partial charge in [0.15, 0.2) is 0 Å². The average Bonchev–Trinajstić information content (AvgIpc) is 2.80. The van der Waals surface area contributed by atoms with E-state index in [4.69, 9.17) is 0 Å². The maximum atomic E-state index is 13.5. The number of benzene rings is 2. The second-order valence-corrected chi connectivity index (χ2v) is 10.7. The van der Waals surface area contributed by atoms with E-state index in [9.17, 15) is 18.0 Å². The molecule has 0 radical (unpaired) electrons. The quantitative estimate of drug-likeness (QED) is 0.496. The maximum Gasteiger partial charge on any atom is 0.244 e. The number of para-hydroxylation sites is 1. The van der Waals surface area contributed by atoms with Gasteiger partial charge < -0.3 is 10.2 Å². The minimum atomic E-state index is -3.74. The van der Waals surface area contributed by atoms with Crippen LogP contribution in [0.3, 0.4) is 0 Å². The second-order valence-electron chi connectivity index (χ2n) is 8.77. The molecule has 0 saturated carbocycles. The molecule has 186 valence electrons. The van der Waals surface area contributed by atoms with Crippen molar-refractivity contribution in [3.05, 3.63) is 65.7 Å². The Morgan fingerprint density at radius 3 is 2.18 bits per heavy atom. The van der Waals surface area contributed by atoms with Crippen molar-refractivity contribution in [2.24, 2.45) is 0 Å². The molecule has 34 heavy (non-hydrogen) atoms.